The Morgan fingerprint density at radius 2 is 1.89 bits per heavy atom. The molecule has 0 radical (unpaired) electrons. The zero-order chi connectivity index (χ0) is 24.9. The van der Waals surface area contributed by atoms with E-state index in [1.54, 1.807) is 18.2 Å². The van der Waals surface area contributed by atoms with Gasteiger partial charge in [0.1, 0.15) is 24.4 Å². The quantitative estimate of drug-likeness (QED) is 0.554. The van der Waals surface area contributed by atoms with Gasteiger partial charge in [0.2, 0.25) is 11.8 Å². The fraction of sp³-hybridized carbons (Fsp3) is 0.333. The minimum atomic E-state index is -1.31. The number of benzene rings is 2. The first-order chi connectivity index (χ1) is 16.8. The molecule has 2 amide bonds. The summed E-state index contributed by atoms with van der Waals surface area (Å²) in [6.45, 7) is 3.67. The molecule has 3 aromatic rings. The van der Waals surface area contributed by atoms with Crippen LogP contribution >= 0.6 is 0 Å². The van der Waals surface area contributed by atoms with Crippen LogP contribution in [0.2, 0.25) is 0 Å². The maximum atomic E-state index is 14.8. The normalized spacial score (nSPS) is 18.5. The lowest BCUT2D eigenvalue weighted by Crippen LogP contribution is -2.47. The molecule has 0 bridgehead atoms. The van der Waals surface area contributed by atoms with E-state index in [1.165, 1.54) is 23.5 Å². The van der Waals surface area contributed by atoms with E-state index in [0.717, 1.165) is 5.56 Å². The van der Waals surface area contributed by atoms with Gasteiger partial charge in [-0.3, -0.25) is 9.59 Å². The van der Waals surface area contributed by atoms with Gasteiger partial charge < -0.3 is 10.2 Å². The first kappa shape index (κ1) is 24.4. The maximum absolute atomic E-state index is 14.8. The Kier molecular flexibility index (Phi) is 7.48. The van der Waals surface area contributed by atoms with Crippen LogP contribution in [0.4, 0.5) is 8.78 Å². The Balaban J connectivity index is 1.58. The fourth-order valence-electron chi connectivity index (χ4n) is 4.42. The molecule has 8 heteroatoms. The van der Waals surface area contributed by atoms with Gasteiger partial charge in [-0.1, -0.05) is 56.3 Å². The fourth-order valence-corrected chi connectivity index (χ4v) is 4.42. The lowest BCUT2D eigenvalue weighted by Gasteiger charge is -2.27. The molecular formula is C27H28F2N4O2. The third-order valence-electron chi connectivity index (χ3n) is 6.25. The van der Waals surface area contributed by atoms with Crippen molar-refractivity contribution in [2.75, 3.05) is 6.54 Å². The number of nitrogens with zero attached hydrogens (tertiary/aromatic N) is 3. The van der Waals surface area contributed by atoms with Crippen LogP contribution in [0.15, 0.2) is 67.1 Å². The van der Waals surface area contributed by atoms with Crippen molar-refractivity contribution in [1.82, 2.24) is 20.2 Å². The number of amides is 2. The van der Waals surface area contributed by atoms with Crippen molar-refractivity contribution in [3.8, 4) is 0 Å². The Hall–Kier alpha value is -3.68. The third-order valence-corrected chi connectivity index (χ3v) is 6.25. The molecule has 182 valence electrons. The Morgan fingerprint density at radius 3 is 2.54 bits per heavy atom. The van der Waals surface area contributed by atoms with Gasteiger partial charge in [0.25, 0.3) is 0 Å². The number of rotatable bonds is 7. The van der Waals surface area contributed by atoms with Crippen molar-refractivity contribution in [3.63, 3.8) is 0 Å². The predicted molar refractivity (Wildman–Crippen MR) is 128 cm³/mol. The number of halogens is 2. The molecule has 1 aliphatic heterocycles. The summed E-state index contributed by atoms with van der Waals surface area (Å²) in [5.41, 5.74) is 2.41. The lowest BCUT2D eigenvalue weighted by atomic mass is 9.94. The van der Waals surface area contributed by atoms with Gasteiger partial charge >= 0.3 is 0 Å². The summed E-state index contributed by atoms with van der Waals surface area (Å²) < 4.78 is 29.2. The van der Waals surface area contributed by atoms with Gasteiger partial charge in [-0.15, -0.1) is 0 Å². The summed E-state index contributed by atoms with van der Waals surface area (Å²) in [6, 6.07) is 14.1. The molecule has 1 N–H and O–H groups in total. The van der Waals surface area contributed by atoms with Crippen molar-refractivity contribution in [2.45, 2.75) is 50.9 Å². The highest BCUT2D eigenvalue weighted by molar-refractivity contribution is 5.89. The molecule has 35 heavy (non-hydrogen) atoms. The number of carbonyl (C=O) groups is 2. The predicted octanol–water partition coefficient (Wildman–Crippen LogP) is 4.13. The van der Waals surface area contributed by atoms with Crippen molar-refractivity contribution in [3.05, 3.63) is 95.3 Å². The van der Waals surface area contributed by atoms with Gasteiger partial charge in [0.05, 0.1) is 24.7 Å². The molecule has 1 fully saturated rings. The minimum absolute atomic E-state index is 0.0169. The second-order valence-electron chi connectivity index (χ2n) is 9.06. The zero-order valence-electron chi connectivity index (χ0n) is 19.7. The summed E-state index contributed by atoms with van der Waals surface area (Å²) in [7, 11) is 0. The van der Waals surface area contributed by atoms with Crippen LogP contribution in [0.1, 0.15) is 54.6 Å². The first-order valence-corrected chi connectivity index (χ1v) is 11.7. The SMILES string of the molecule is CC(C)c1ccc([C@@H](NC(=O)[C@@H]2C[C@@H](F)CN2C(=O)Cc2ccncn2)c2ccccc2)cc1F. The monoisotopic (exact) mass is 478 g/mol. The molecule has 6 nitrogen and oxygen atoms in total. The van der Waals surface area contributed by atoms with Crippen molar-refractivity contribution in [1.29, 1.82) is 0 Å². The molecule has 0 saturated carbocycles. The Labute approximate surface area is 203 Å². The highest BCUT2D eigenvalue weighted by atomic mass is 19.1. The van der Waals surface area contributed by atoms with E-state index in [1.807, 2.05) is 44.2 Å². The van der Waals surface area contributed by atoms with Crippen LogP contribution in [-0.2, 0) is 16.0 Å². The molecular weight excluding hydrogens is 450 g/mol. The third kappa shape index (κ3) is 5.70. The number of likely N-dealkylation sites (tertiary alicyclic amines) is 1. The smallest absolute Gasteiger partial charge is 0.243 e. The van der Waals surface area contributed by atoms with E-state index in [4.69, 9.17) is 0 Å². The number of carbonyl (C=O) groups excluding carboxylic acids is 2. The average molecular weight is 479 g/mol. The second-order valence-corrected chi connectivity index (χ2v) is 9.06. The van der Waals surface area contributed by atoms with E-state index < -0.39 is 24.2 Å². The lowest BCUT2D eigenvalue weighted by molar-refractivity contribution is -0.138. The minimum Gasteiger partial charge on any atom is -0.343 e. The summed E-state index contributed by atoms with van der Waals surface area (Å²) in [5.74, 6) is -1.20. The molecule has 3 atom stereocenters. The average Bonchev–Trinajstić information content (AvgIpc) is 3.25. The van der Waals surface area contributed by atoms with Crippen molar-refractivity contribution >= 4 is 11.8 Å². The van der Waals surface area contributed by atoms with Gasteiger partial charge in [0.15, 0.2) is 0 Å². The van der Waals surface area contributed by atoms with Crippen LogP contribution in [0.25, 0.3) is 0 Å². The summed E-state index contributed by atoms with van der Waals surface area (Å²) >= 11 is 0. The topological polar surface area (TPSA) is 75.2 Å². The summed E-state index contributed by atoms with van der Waals surface area (Å²) in [5, 5.41) is 2.94. The van der Waals surface area contributed by atoms with E-state index in [2.05, 4.69) is 15.3 Å². The van der Waals surface area contributed by atoms with Crippen LogP contribution in [0, 0.1) is 5.82 Å². The second kappa shape index (κ2) is 10.7. The Morgan fingerprint density at radius 1 is 1.11 bits per heavy atom. The molecule has 1 saturated heterocycles. The number of hydrogen-bond acceptors (Lipinski definition) is 4. The standard InChI is InChI=1S/C27H28F2N4O2/c1-17(2)22-9-8-19(12-23(22)29)26(18-6-4-3-5-7-18)32-27(35)24-13-20(28)15-33(24)25(34)14-21-10-11-30-16-31-21/h3-12,16-17,20,24,26H,13-15H2,1-2H3,(H,32,35)/t20-,24+,26+/m1/s1. The van der Waals surface area contributed by atoms with Gasteiger partial charge in [-0.25, -0.2) is 18.7 Å². The van der Waals surface area contributed by atoms with Crippen molar-refractivity contribution < 1.29 is 18.4 Å². The summed E-state index contributed by atoms with van der Waals surface area (Å²) in [6.07, 6.45) is 1.41. The van der Waals surface area contributed by atoms with Crippen LogP contribution in [-0.4, -0.2) is 45.4 Å². The molecule has 2 aromatic carbocycles. The molecule has 1 aromatic heterocycles. The molecule has 0 unspecified atom stereocenters. The number of nitrogens with one attached hydrogen (secondary N) is 1. The van der Waals surface area contributed by atoms with Gasteiger partial charge in [0, 0.05) is 12.6 Å². The highest BCUT2D eigenvalue weighted by Crippen LogP contribution is 2.28. The number of alkyl halides is 1. The molecule has 1 aliphatic rings. The summed E-state index contributed by atoms with van der Waals surface area (Å²) in [4.78, 5) is 35.4. The molecule has 0 aliphatic carbocycles. The van der Waals surface area contributed by atoms with E-state index in [9.17, 15) is 18.4 Å². The van der Waals surface area contributed by atoms with Crippen molar-refractivity contribution in [2.24, 2.45) is 0 Å². The highest BCUT2D eigenvalue weighted by Gasteiger charge is 2.40. The van der Waals surface area contributed by atoms with Crippen LogP contribution in [0.5, 0.6) is 0 Å². The number of aromatic nitrogens is 2. The molecule has 4 rings (SSSR count). The van der Waals surface area contributed by atoms with E-state index >= 15 is 0 Å². The van der Waals surface area contributed by atoms with Gasteiger partial charge in [-0.2, -0.15) is 0 Å². The molecule has 2 heterocycles. The first-order valence-electron chi connectivity index (χ1n) is 11.7. The van der Waals surface area contributed by atoms with E-state index in [-0.39, 0.29) is 37.0 Å². The Bertz CT molecular complexity index is 1170. The largest absolute Gasteiger partial charge is 0.343 e. The maximum Gasteiger partial charge on any atom is 0.243 e. The molecule has 0 spiro atoms. The number of hydrogen-bond donors (Lipinski definition) is 1. The van der Waals surface area contributed by atoms with Gasteiger partial charge in [-0.05, 0) is 34.7 Å². The zero-order valence-corrected chi connectivity index (χ0v) is 19.7. The van der Waals surface area contributed by atoms with Crippen LogP contribution in [0.3, 0.4) is 0 Å². The van der Waals surface area contributed by atoms with E-state index in [0.29, 0.717) is 16.8 Å². The van der Waals surface area contributed by atoms with Crippen LogP contribution < -0.4 is 5.32 Å².